The first-order chi connectivity index (χ1) is 9.45. The smallest absolute Gasteiger partial charge is 0.247 e. The number of anilines is 1. The molecular weight excluding hydrogens is 256 g/mol. The molecule has 0 aromatic heterocycles. The quantitative estimate of drug-likeness (QED) is 0.838. The first-order valence-corrected chi connectivity index (χ1v) is 6.75. The number of para-hydroxylation sites is 2. The van der Waals surface area contributed by atoms with Crippen LogP contribution in [0.1, 0.15) is 27.7 Å². The topological polar surface area (TPSA) is 67.4 Å². The van der Waals surface area contributed by atoms with Crippen molar-refractivity contribution in [3.05, 3.63) is 24.3 Å². The van der Waals surface area contributed by atoms with Gasteiger partial charge in [-0.3, -0.25) is 9.59 Å². The van der Waals surface area contributed by atoms with Crippen LogP contribution < -0.4 is 15.4 Å². The van der Waals surface area contributed by atoms with Crippen LogP contribution in [-0.2, 0) is 9.59 Å². The second-order valence-electron chi connectivity index (χ2n) is 4.84. The van der Waals surface area contributed by atoms with E-state index in [0.29, 0.717) is 18.0 Å². The van der Waals surface area contributed by atoms with Crippen molar-refractivity contribution in [1.82, 2.24) is 5.32 Å². The van der Waals surface area contributed by atoms with Crippen LogP contribution in [-0.4, -0.2) is 24.5 Å². The van der Waals surface area contributed by atoms with Crippen LogP contribution in [0.15, 0.2) is 24.3 Å². The Hall–Kier alpha value is -2.04. The number of nitrogens with one attached hydrogen (secondary N) is 2. The third kappa shape index (κ3) is 4.57. The molecule has 0 aliphatic carbocycles. The van der Waals surface area contributed by atoms with Crippen LogP contribution in [0.4, 0.5) is 5.69 Å². The minimum absolute atomic E-state index is 0.00171. The highest BCUT2D eigenvalue weighted by Crippen LogP contribution is 2.24. The van der Waals surface area contributed by atoms with Crippen molar-refractivity contribution in [2.24, 2.45) is 5.92 Å². The fourth-order valence-electron chi connectivity index (χ4n) is 1.82. The second-order valence-corrected chi connectivity index (χ2v) is 4.84. The Morgan fingerprint density at radius 3 is 2.45 bits per heavy atom. The third-order valence-corrected chi connectivity index (χ3v) is 2.75. The Balaban J connectivity index is 2.85. The number of benzene rings is 1. The Labute approximate surface area is 119 Å². The van der Waals surface area contributed by atoms with Crippen LogP contribution in [0.3, 0.4) is 0 Å². The van der Waals surface area contributed by atoms with Crippen molar-refractivity contribution in [2.45, 2.75) is 33.7 Å². The highest BCUT2D eigenvalue weighted by molar-refractivity contribution is 5.98. The summed E-state index contributed by atoms with van der Waals surface area (Å²) in [6.45, 7) is 7.57. The number of amides is 2. The number of hydrogen-bond donors (Lipinski definition) is 2. The van der Waals surface area contributed by atoms with Crippen LogP contribution in [0, 0.1) is 5.92 Å². The van der Waals surface area contributed by atoms with Gasteiger partial charge in [0.25, 0.3) is 0 Å². The molecule has 2 amide bonds. The molecule has 0 heterocycles. The molecule has 0 radical (unpaired) electrons. The van der Waals surface area contributed by atoms with Crippen molar-refractivity contribution in [3.8, 4) is 5.75 Å². The largest absolute Gasteiger partial charge is 0.492 e. The summed E-state index contributed by atoms with van der Waals surface area (Å²) in [5, 5.41) is 5.46. The summed E-state index contributed by atoms with van der Waals surface area (Å²) in [6, 6.07) is 6.66. The molecule has 0 saturated carbocycles. The summed E-state index contributed by atoms with van der Waals surface area (Å²) in [7, 11) is 0. The molecule has 0 spiro atoms. The van der Waals surface area contributed by atoms with Gasteiger partial charge in [-0.05, 0) is 25.0 Å². The zero-order chi connectivity index (χ0) is 15.1. The number of rotatable bonds is 6. The maximum atomic E-state index is 12.3. The monoisotopic (exact) mass is 278 g/mol. The average molecular weight is 278 g/mol. The van der Waals surface area contributed by atoms with E-state index in [9.17, 15) is 9.59 Å². The van der Waals surface area contributed by atoms with Crippen molar-refractivity contribution < 1.29 is 14.3 Å². The average Bonchev–Trinajstić information content (AvgIpc) is 2.38. The lowest BCUT2D eigenvalue weighted by Crippen LogP contribution is -2.46. The van der Waals surface area contributed by atoms with E-state index < -0.39 is 6.04 Å². The zero-order valence-corrected chi connectivity index (χ0v) is 12.4. The lowest BCUT2D eigenvalue weighted by atomic mass is 10.0. The molecule has 1 aromatic carbocycles. The van der Waals surface area contributed by atoms with Gasteiger partial charge in [0.1, 0.15) is 11.8 Å². The SMILES string of the molecule is CCOc1ccccc1NC(=O)[C@@H](NC(C)=O)C(C)C. The lowest BCUT2D eigenvalue weighted by Gasteiger charge is -2.21. The van der Waals surface area contributed by atoms with E-state index in [1.807, 2.05) is 32.9 Å². The van der Waals surface area contributed by atoms with E-state index in [4.69, 9.17) is 4.74 Å². The van der Waals surface area contributed by atoms with E-state index in [1.54, 1.807) is 12.1 Å². The van der Waals surface area contributed by atoms with Gasteiger partial charge in [-0.15, -0.1) is 0 Å². The normalized spacial score (nSPS) is 11.8. The van der Waals surface area contributed by atoms with E-state index in [1.165, 1.54) is 6.92 Å². The van der Waals surface area contributed by atoms with Crippen LogP contribution >= 0.6 is 0 Å². The fourth-order valence-corrected chi connectivity index (χ4v) is 1.82. The minimum atomic E-state index is -0.567. The number of carbonyl (C=O) groups excluding carboxylic acids is 2. The van der Waals surface area contributed by atoms with Gasteiger partial charge in [0.15, 0.2) is 0 Å². The van der Waals surface area contributed by atoms with Crippen molar-refractivity contribution in [1.29, 1.82) is 0 Å². The number of hydrogen-bond acceptors (Lipinski definition) is 3. The molecule has 1 rings (SSSR count). The van der Waals surface area contributed by atoms with Gasteiger partial charge >= 0.3 is 0 Å². The fraction of sp³-hybridized carbons (Fsp3) is 0.467. The maximum absolute atomic E-state index is 12.3. The van der Waals surface area contributed by atoms with Gasteiger partial charge in [0.05, 0.1) is 12.3 Å². The third-order valence-electron chi connectivity index (χ3n) is 2.75. The summed E-state index contributed by atoms with van der Waals surface area (Å²) in [5.74, 6) is 0.145. The lowest BCUT2D eigenvalue weighted by molar-refractivity contribution is -0.126. The van der Waals surface area contributed by atoms with Gasteiger partial charge in [0, 0.05) is 6.92 Å². The van der Waals surface area contributed by atoms with Crippen molar-refractivity contribution in [2.75, 3.05) is 11.9 Å². The Morgan fingerprint density at radius 2 is 1.90 bits per heavy atom. The van der Waals surface area contributed by atoms with E-state index in [2.05, 4.69) is 10.6 Å². The molecule has 5 heteroatoms. The van der Waals surface area contributed by atoms with Gasteiger partial charge in [-0.1, -0.05) is 26.0 Å². The van der Waals surface area contributed by atoms with Gasteiger partial charge in [-0.2, -0.15) is 0 Å². The molecule has 0 aliphatic rings. The zero-order valence-electron chi connectivity index (χ0n) is 12.4. The molecule has 5 nitrogen and oxygen atoms in total. The molecule has 1 aromatic rings. The van der Waals surface area contributed by atoms with E-state index in [-0.39, 0.29) is 17.7 Å². The molecular formula is C15H22N2O3. The molecule has 0 unspecified atom stereocenters. The maximum Gasteiger partial charge on any atom is 0.247 e. The molecule has 0 fully saturated rings. The molecule has 0 saturated heterocycles. The van der Waals surface area contributed by atoms with Crippen LogP contribution in [0.25, 0.3) is 0 Å². The molecule has 20 heavy (non-hydrogen) atoms. The summed E-state index contributed by atoms with van der Waals surface area (Å²) in [5.41, 5.74) is 0.607. The molecule has 1 atom stereocenters. The number of carbonyl (C=O) groups is 2. The highest BCUT2D eigenvalue weighted by atomic mass is 16.5. The number of ether oxygens (including phenoxy) is 1. The molecule has 0 bridgehead atoms. The Kier molecular flexibility index (Phi) is 6.03. The first-order valence-electron chi connectivity index (χ1n) is 6.75. The van der Waals surface area contributed by atoms with Gasteiger partial charge in [0.2, 0.25) is 11.8 Å². The Morgan fingerprint density at radius 1 is 1.25 bits per heavy atom. The standard InChI is InChI=1S/C15H22N2O3/c1-5-20-13-9-7-6-8-12(13)17-15(19)14(10(2)3)16-11(4)18/h6-10,14H,5H2,1-4H3,(H,16,18)(H,17,19)/t14-/m0/s1. The Bertz CT molecular complexity index is 472. The minimum Gasteiger partial charge on any atom is -0.492 e. The van der Waals surface area contributed by atoms with E-state index in [0.717, 1.165) is 0 Å². The van der Waals surface area contributed by atoms with Gasteiger partial charge in [-0.25, -0.2) is 0 Å². The molecule has 2 N–H and O–H groups in total. The highest BCUT2D eigenvalue weighted by Gasteiger charge is 2.23. The summed E-state index contributed by atoms with van der Waals surface area (Å²) >= 11 is 0. The van der Waals surface area contributed by atoms with Crippen molar-refractivity contribution in [3.63, 3.8) is 0 Å². The van der Waals surface area contributed by atoms with Crippen LogP contribution in [0.5, 0.6) is 5.75 Å². The summed E-state index contributed by atoms with van der Waals surface area (Å²) in [4.78, 5) is 23.4. The predicted octanol–water partition coefficient (Wildman–Crippen LogP) is 2.18. The molecule has 110 valence electrons. The second kappa shape index (κ2) is 7.53. The molecule has 0 aliphatic heterocycles. The summed E-state index contributed by atoms with van der Waals surface area (Å²) in [6.07, 6.45) is 0. The van der Waals surface area contributed by atoms with Gasteiger partial charge < -0.3 is 15.4 Å². The van der Waals surface area contributed by atoms with Crippen molar-refractivity contribution >= 4 is 17.5 Å². The predicted molar refractivity (Wildman–Crippen MR) is 78.7 cm³/mol. The first kappa shape index (κ1) is 16.0. The van der Waals surface area contributed by atoms with E-state index >= 15 is 0 Å². The van der Waals surface area contributed by atoms with Crippen LogP contribution in [0.2, 0.25) is 0 Å². The summed E-state index contributed by atoms with van der Waals surface area (Å²) < 4.78 is 5.46.